The lowest BCUT2D eigenvalue weighted by Crippen LogP contribution is -2.58. The lowest BCUT2D eigenvalue weighted by molar-refractivity contribution is -0.131. The zero-order valence-corrected chi connectivity index (χ0v) is 12.9. The summed E-state index contributed by atoms with van der Waals surface area (Å²) in [6.07, 6.45) is -2.07. The maximum Gasteiger partial charge on any atom is 0.422 e. The van der Waals surface area contributed by atoms with Crippen molar-refractivity contribution in [1.82, 2.24) is 9.03 Å². The topological polar surface area (TPSA) is 105 Å². The summed E-state index contributed by atoms with van der Waals surface area (Å²) >= 11 is 0. The van der Waals surface area contributed by atoms with E-state index in [-0.39, 0.29) is 19.7 Å². The highest BCUT2D eigenvalue weighted by molar-refractivity contribution is 7.87. The average Bonchev–Trinajstić information content (AvgIpc) is 2.24. The molecule has 8 nitrogen and oxygen atoms in total. The molecule has 0 saturated carbocycles. The molecule has 0 bridgehead atoms. The van der Waals surface area contributed by atoms with Crippen LogP contribution in [0.1, 0.15) is 27.7 Å². The molecule has 1 atom stereocenters. The Morgan fingerprint density at radius 3 is 2.65 bits per heavy atom. The van der Waals surface area contributed by atoms with Gasteiger partial charge in [-0.3, -0.25) is 0 Å². The number of hydrogen-bond acceptors (Lipinski definition) is 6. The van der Waals surface area contributed by atoms with E-state index in [4.69, 9.17) is 14.6 Å². The van der Waals surface area contributed by atoms with Crippen LogP contribution >= 0.6 is 0 Å². The molecule has 1 saturated heterocycles. The SMILES string of the molecule is CC(C)OC(=O)NS(=O)(=O)N1CC(CO)OC(C)(C)C1. The van der Waals surface area contributed by atoms with Crippen LogP contribution < -0.4 is 4.72 Å². The van der Waals surface area contributed by atoms with Gasteiger partial charge in [-0.25, -0.2) is 9.52 Å². The van der Waals surface area contributed by atoms with Gasteiger partial charge in [0.25, 0.3) is 0 Å². The Morgan fingerprint density at radius 2 is 2.15 bits per heavy atom. The van der Waals surface area contributed by atoms with E-state index in [0.29, 0.717) is 0 Å². The zero-order valence-electron chi connectivity index (χ0n) is 12.1. The number of nitrogens with one attached hydrogen (secondary N) is 1. The van der Waals surface area contributed by atoms with Crippen LogP contribution in [0.15, 0.2) is 0 Å². The predicted octanol–water partition coefficient (Wildman–Crippen LogP) is -0.162. The number of aliphatic hydroxyl groups is 1. The molecule has 1 fully saturated rings. The van der Waals surface area contributed by atoms with E-state index >= 15 is 0 Å². The second-order valence-corrected chi connectivity index (χ2v) is 7.21. The molecule has 1 heterocycles. The first kappa shape index (κ1) is 17.2. The predicted molar refractivity (Wildman–Crippen MR) is 71.3 cm³/mol. The monoisotopic (exact) mass is 310 g/mol. The molecule has 20 heavy (non-hydrogen) atoms. The van der Waals surface area contributed by atoms with Gasteiger partial charge in [0.15, 0.2) is 0 Å². The first-order valence-corrected chi connectivity index (χ1v) is 7.77. The van der Waals surface area contributed by atoms with Gasteiger partial charge in [0.05, 0.1) is 24.4 Å². The third-order valence-corrected chi connectivity index (χ3v) is 3.93. The first-order valence-electron chi connectivity index (χ1n) is 6.33. The number of aliphatic hydroxyl groups excluding tert-OH is 1. The summed E-state index contributed by atoms with van der Waals surface area (Å²) in [5, 5.41) is 9.15. The van der Waals surface area contributed by atoms with E-state index in [1.165, 1.54) is 0 Å². The van der Waals surface area contributed by atoms with Gasteiger partial charge in [0, 0.05) is 13.1 Å². The quantitative estimate of drug-likeness (QED) is 0.747. The van der Waals surface area contributed by atoms with Gasteiger partial charge in [-0.15, -0.1) is 0 Å². The molecular weight excluding hydrogens is 288 g/mol. The molecule has 0 aliphatic carbocycles. The first-order chi connectivity index (χ1) is 9.05. The number of nitrogens with zero attached hydrogens (tertiary/aromatic N) is 1. The fourth-order valence-electron chi connectivity index (χ4n) is 1.93. The van der Waals surface area contributed by atoms with Gasteiger partial charge in [-0.1, -0.05) is 0 Å². The van der Waals surface area contributed by atoms with Crippen LogP contribution in [0.2, 0.25) is 0 Å². The summed E-state index contributed by atoms with van der Waals surface area (Å²) in [7, 11) is -4.02. The molecule has 0 aromatic carbocycles. The molecule has 1 amide bonds. The fourth-order valence-corrected chi connectivity index (χ4v) is 3.16. The van der Waals surface area contributed by atoms with Crippen molar-refractivity contribution >= 4 is 16.3 Å². The largest absolute Gasteiger partial charge is 0.446 e. The zero-order chi connectivity index (χ0) is 15.6. The Hall–Kier alpha value is -0.900. The molecule has 118 valence electrons. The van der Waals surface area contributed by atoms with E-state index in [9.17, 15) is 13.2 Å². The lowest BCUT2D eigenvalue weighted by Gasteiger charge is -2.41. The number of amides is 1. The smallest absolute Gasteiger partial charge is 0.422 e. The number of morpholine rings is 1. The summed E-state index contributed by atoms with van der Waals surface area (Å²) in [4.78, 5) is 11.4. The molecule has 0 aromatic heterocycles. The Bertz CT molecular complexity index is 448. The maximum absolute atomic E-state index is 12.1. The normalized spacial score (nSPS) is 23.6. The summed E-state index contributed by atoms with van der Waals surface area (Å²) in [5.74, 6) is 0. The van der Waals surface area contributed by atoms with Crippen LogP contribution in [0.4, 0.5) is 4.79 Å². The second-order valence-electron chi connectivity index (χ2n) is 5.54. The molecule has 0 aromatic rings. The third kappa shape index (κ3) is 4.89. The summed E-state index contributed by atoms with van der Waals surface area (Å²) < 4.78 is 37.4. The van der Waals surface area contributed by atoms with Crippen LogP contribution in [0.3, 0.4) is 0 Å². The molecule has 9 heteroatoms. The van der Waals surface area contributed by atoms with Gasteiger partial charge < -0.3 is 14.6 Å². The molecule has 1 rings (SSSR count). The minimum atomic E-state index is -4.02. The minimum absolute atomic E-state index is 0.0236. The highest BCUT2D eigenvalue weighted by Crippen LogP contribution is 2.22. The van der Waals surface area contributed by atoms with Crippen LogP contribution in [-0.2, 0) is 19.7 Å². The van der Waals surface area contributed by atoms with E-state index < -0.39 is 34.1 Å². The summed E-state index contributed by atoms with van der Waals surface area (Å²) in [6.45, 7) is 6.41. The van der Waals surface area contributed by atoms with Crippen LogP contribution in [0, 0.1) is 0 Å². The van der Waals surface area contributed by atoms with Crippen molar-refractivity contribution in [3.63, 3.8) is 0 Å². The van der Waals surface area contributed by atoms with Crippen LogP contribution in [-0.4, -0.2) is 61.4 Å². The van der Waals surface area contributed by atoms with E-state index in [1.807, 2.05) is 4.72 Å². The van der Waals surface area contributed by atoms with E-state index in [2.05, 4.69) is 0 Å². The standard InChI is InChI=1S/C11H22N2O6S/c1-8(2)18-10(15)12-20(16,17)13-5-9(6-14)19-11(3,4)7-13/h8-9,14H,5-7H2,1-4H3,(H,12,15). The third-order valence-electron chi connectivity index (χ3n) is 2.55. The average molecular weight is 310 g/mol. The highest BCUT2D eigenvalue weighted by atomic mass is 32.2. The molecule has 0 radical (unpaired) electrons. The Balaban J connectivity index is 2.78. The van der Waals surface area contributed by atoms with E-state index in [0.717, 1.165) is 4.31 Å². The summed E-state index contributed by atoms with van der Waals surface area (Å²) in [6, 6.07) is 0. The molecule has 1 aliphatic heterocycles. The highest BCUT2D eigenvalue weighted by Gasteiger charge is 2.39. The molecule has 1 aliphatic rings. The fraction of sp³-hybridized carbons (Fsp3) is 0.909. The molecular formula is C11H22N2O6S. The van der Waals surface area contributed by atoms with Crippen LogP contribution in [0.25, 0.3) is 0 Å². The van der Waals surface area contributed by atoms with Crippen molar-refractivity contribution in [3.8, 4) is 0 Å². The lowest BCUT2D eigenvalue weighted by atomic mass is 10.1. The summed E-state index contributed by atoms with van der Waals surface area (Å²) in [5.41, 5.74) is -0.748. The number of rotatable bonds is 4. The van der Waals surface area contributed by atoms with Crippen LogP contribution in [0.5, 0.6) is 0 Å². The van der Waals surface area contributed by atoms with Crippen molar-refractivity contribution in [2.24, 2.45) is 0 Å². The Morgan fingerprint density at radius 1 is 1.55 bits per heavy atom. The Kier molecular flexibility index (Phi) is 5.36. The Labute approximate surface area is 119 Å². The molecule has 0 spiro atoms. The minimum Gasteiger partial charge on any atom is -0.446 e. The van der Waals surface area contributed by atoms with Gasteiger partial charge in [0.2, 0.25) is 0 Å². The van der Waals surface area contributed by atoms with E-state index in [1.54, 1.807) is 27.7 Å². The van der Waals surface area contributed by atoms with Crippen molar-refractivity contribution < 1.29 is 27.8 Å². The second kappa shape index (κ2) is 6.25. The number of hydrogen-bond donors (Lipinski definition) is 2. The number of ether oxygens (including phenoxy) is 2. The van der Waals surface area contributed by atoms with Crippen molar-refractivity contribution in [3.05, 3.63) is 0 Å². The van der Waals surface area contributed by atoms with Gasteiger partial charge in [-0.05, 0) is 27.7 Å². The number of carbonyl (C=O) groups excluding carboxylic acids is 1. The molecule has 1 unspecified atom stereocenters. The van der Waals surface area contributed by atoms with Crippen molar-refractivity contribution in [1.29, 1.82) is 0 Å². The van der Waals surface area contributed by atoms with Gasteiger partial charge in [-0.2, -0.15) is 12.7 Å². The maximum atomic E-state index is 12.1. The van der Waals surface area contributed by atoms with Gasteiger partial charge in [0.1, 0.15) is 0 Å². The molecule has 2 N–H and O–H groups in total. The van der Waals surface area contributed by atoms with Crippen molar-refractivity contribution in [2.75, 3.05) is 19.7 Å². The van der Waals surface area contributed by atoms with Crippen molar-refractivity contribution in [2.45, 2.75) is 45.5 Å². The number of carbonyl (C=O) groups is 1. The van der Waals surface area contributed by atoms with Gasteiger partial charge >= 0.3 is 16.3 Å².